The van der Waals surface area contributed by atoms with Gasteiger partial charge in [0.25, 0.3) is 0 Å². The van der Waals surface area contributed by atoms with Gasteiger partial charge < -0.3 is 9.84 Å². The molecule has 4 heteroatoms. The van der Waals surface area contributed by atoms with Gasteiger partial charge in [-0.05, 0) is 90.8 Å². The van der Waals surface area contributed by atoms with Gasteiger partial charge >= 0.3 is 5.97 Å². The summed E-state index contributed by atoms with van der Waals surface area (Å²) in [6.45, 7) is 16.3. The van der Waals surface area contributed by atoms with Crippen molar-refractivity contribution in [3.63, 3.8) is 0 Å². The van der Waals surface area contributed by atoms with Crippen molar-refractivity contribution in [1.29, 1.82) is 0 Å². The third-order valence-electron chi connectivity index (χ3n) is 13.1. The molecule has 0 aromatic carbocycles. The van der Waals surface area contributed by atoms with Gasteiger partial charge in [-0.3, -0.25) is 9.59 Å². The molecule has 35 heavy (non-hydrogen) atoms. The Kier molecular flexibility index (Phi) is 5.43. The van der Waals surface area contributed by atoms with Crippen LogP contribution in [0.15, 0.2) is 11.6 Å². The number of aliphatic hydroxyl groups is 1. The molecule has 0 saturated heterocycles. The third kappa shape index (κ3) is 3.01. The second-order valence-corrected chi connectivity index (χ2v) is 15.1. The van der Waals surface area contributed by atoms with Crippen LogP contribution >= 0.6 is 0 Å². The molecule has 0 aromatic rings. The molecular weight excluding hydrogens is 436 g/mol. The molecule has 0 spiro atoms. The number of rotatable bonds is 1. The maximum Gasteiger partial charge on any atom is 0.312 e. The van der Waals surface area contributed by atoms with Gasteiger partial charge in [-0.15, -0.1) is 0 Å². The molecule has 5 rings (SSSR count). The molecule has 8 atom stereocenters. The molecule has 196 valence electrons. The standard InChI is InChI=1S/C31H48O4/c1-26(2)17-20-19-9-10-22-28(5)13-12-23(32)27(3,4)21(28)11-14-30(22,7)29(19,6)15-16-31(20,18-24(26)33)25(34)35-8/h9,20-23,32H,10-18H2,1-8H3. The highest BCUT2D eigenvalue weighted by atomic mass is 16.5. The summed E-state index contributed by atoms with van der Waals surface area (Å²) < 4.78 is 5.39. The van der Waals surface area contributed by atoms with E-state index in [2.05, 4.69) is 54.5 Å². The summed E-state index contributed by atoms with van der Waals surface area (Å²) in [5.41, 5.74) is 0.655. The van der Waals surface area contributed by atoms with Crippen LogP contribution in [-0.4, -0.2) is 30.1 Å². The van der Waals surface area contributed by atoms with Crippen molar-refractivity contribution in [2.45, 2.75) is 112 Å². The molecule has 4 nitrogen and oxygen atoms in total. The number of ketones is 1. The normalized spacial score (nSPS) is 50.1. The summed E-state index contributed by atoms with van der Waals surface area (Å²) >= 11 is 0. The second-order valence-electron chi connectivity index (χ2n) is 15.1. The van der Waals surface area contributed by atoms with Crippen molar-refractivity contribution < 1.29 is 19.4 Å². The number of Topliss-reactive ketones (excluding diaryl/α,β-unsaturated/α-hetero) is 1. The Morgan fingerprint density at radius 1 is 0.971 bits per heavy atom. The Hall–Kier alpha value is -1.16. The van der Waals surface area contributed by atoms with Crippen molar-refractivity contribution in [3.8, 4) is 0 Å². The highest BCUT2D eigenvalue weighted by molar-refractivity contribution is 5.92. The summed E-state index contributed by atoms with van der Waals surface area (Å²) in [4.78, 5) is 26.5. The van der Waals surface area contributed by atoms with Gasteiger partial charge in [0, 0.05) is 11.8 Å². The van der Waals surface area contributed by atoms with Gasteiger partial charge in [0.15, 0.2) is 0 Å². The number of ether oxygens (including phenoxy) is 1. The summed E-state index contributed by atoms with van der Waals surface area (Å²) in [7, 11) is 1.49. The van der Waals surface area contributed by atoms with Crippen LogP contribution in [0.1, 0.15) is 106 Å². The van der Waals surface area contributed by atoms with Crippen LogP contribution < -0.4 is 0 Å². The fourth-order valence-corrected chi connectivity index (χ4v) is 10.6. The zero-order valence-electron chi connectivity index (χ0n) is 23.4. The first-order valence-electron chi connectivity index (χ1n) is 14.1. The quantitative estimate of drug-likeness (QED) is 0.341. The molecule has 5 aliphatic rings. The number of carbonyl (C=O) groups is 2. The number of allylic oxidation sites excluding steroid dienone is 2. The maximum atomic E-state index is 13.3. The Bertz CT molecular complexity index is 976. The molecule has 4 fully saturated rings. The third-order valence-corrected chi connectivity index (χ3v) is 13.1. The first-order chi connectivity index (χ1) is 16.1. The highest BCUT2D eigenvalue weighted by Gasteiger charge is 2.70. The van der Waals surface area contributed by atoms with Crippen LogP contribution in [0.5, 0.6) is 0 Å². The Balaban J connectivity index is 1.61. The number of methoxy groups -OCH3 is 1. The first kappa shape index (κ1) is 25.5. The van der Waals surface area contributed by atoms with Crippen LogP contribution in [0.4, 0.5) is 0 Å². The predicted molar refractivity (Wildman–Crippen MR) is 137 cm³/mol. The van der Waals surface area contributed by atoms with Gasteiger partial charge in [0.2, 0.25) is 0 Å². The summed E-state index contributed by atoms with van der Waals surface area (Å²) in [6, 6.07) is 0. The largest absolute Gasteiger partial charge is 0.469 e. The smallest absolute Gasteiger partial charge is 0.312 e. The van der Waals surface area contributed by atoms with E-state index < -0.39 is 10.8 Å². The fraction of sp³-hybridized carbons (Fsp3) is 0.871. The van der Waals surface area contributed by atoms with Gasteiger partial charge in [0.1, 0.15) is 5.78 Å². The Morgan fingerprint density at radius 3 is 2.31 bits per heavy atom. The van der Waals surface area contributed by atoms with Crippen LogP contribution in [-0.2, 0) is 14.3 Å². The van der Waals surface area contributed by atoms with Crippen molar-refractivity contribution in [2.75, 3.05) is 7.11 Å². The van der Waals surface area contributed by atoms with Crippen LogP contribution in [0.2, 0.25) is 0 Å². The number of hydrogen-bond donors (Lipinski definition) is 1. The number of hydrogen-bond acceptors (Lipinski definition) is 4. The highest BCUT2D eigenvalue weighted by Crippen LogP contribution is 2.75. The van der Waals surface area contributed by atoms with E-state index >= 15 is 0 Å². The number of carbonyl (C=O) groups excluding carboxylic acids is 2. The van der Waals surface area contributed by atoms with Crippen molar-refractivity contribution in [2.24, 2.45) is 50.2 Å². The molecule has 0 aromatic heterocycles. The lowest BCUT2D eigenvalue weighted by atomic mass is 9.33. The van der Waals surface area contributed by atoms with E-state index in [0.29, 0.717) is 18.3 Å². The van der Waals surface area contributed by atoms with E-state index in [1.807, 2.05) is 0 Å². The zero-order chi connectivity index (χ0) is 25.8. The average Bonchev–Trinajstić information content (AvgIpc) is 2.77. The number of esters is 1. The zero-order valence-corrected chi connectivity index (χ0v) is 23.4. The van der Waals surface area contributed by atoms with Crippen molar-refractivity contribution in [1.82, 2.24) is 0 Å². The molecule has 0 aliphatic heterocycles. The molecule has 1 N–H and O–H groups in total. The molecule has 0 radical (unpaired) electrons. The molecular formula is C31H48O4. The monoisotopic (exact) mass is 484 g/mol. The van der Waals surface area contributed by atoms with Crippen LogP contribution in [0, 0.1) is 50.2 Å². The van der Waals surface area contributed by atoms with E-state index in [9.17, 15) is 14.7 Å². The van der Waals surface area contributed by atoms with Crippen LogP contribution in [0.3, 0.4) is 0 Å². The lowest BCUT2D eigenvalue weighted by Crippen LogP contribution is -2.65. The van der Waals surface area contributed by atoms with Crippen molar-refractivity contribution in [3.05, 3.63) is 11.6 Å². The van der Waals surface area contributed by atoms with E-state index in [4.69, 9.17) is 4.74 Å². The predicted octanol–water partition coefficient (Wildman–Crippen LogP) is 6.50. The minimum atomic E-state index is -0.700. The minimum Gasteiger partial charge on any atom is -0.469 e. The summed E-state index contributed by atoms with van der Waals surface area (Å²) in [6.07, 6.45) is 10.4. The lowest BCUT2D eigenvalue weighted by Gasteiger charge is -2.71. The Morgan fingerprint density at radius 2 is 1.66 bits per heavy atom. The number of aliphatic hydroxyl groups excluding tert-OH is 1. The van der Waals surface area contributed by atoms with Gasteiger partial charge in [-0.25, -0.2) is 0 Å². The molecule has 4 saturated carbocycles. The van der Waals surface area contributed by atoms with E-state index in [1.54, 1.807) is 0 Å². The molecule has 0 heterocycles. The first-order valence-corrected chi connectivity index (χ1v) is 14.1. The minimum absolute atomic E-state index is 0.0166. The second kappa shape index (κ2) is 7.45. The van der Waals surface area contributed by atoms with Gasteiger partial charge in [0.05, 0.1) is 18.6 Å². The SMILES string of the molecule is COC(=O)C12CCC3(C)C(=CCC4C5(C)CCC(O)C(C)(C)C5CCC43C)C1CC(C)(C)C(=O)C2. The topological polar surface area (TPSA) is 63.6 Å². The van der Waals surface area contributed by atoms with Crippen molar-refractivity contribution >= 4 is 11.8 Å². The maximum absolute atomic E-state index is 13.3. The summed E-state index contributed by atoms with van der Waals surface area (Å²) in [5.74, 6) is 1.20. The van der Waals surface area contributed by atoms with E-state index in [-0.39, 0.29) is 45.4 Å². The van der Waals surface area contributed by atoms with Gasteiger partial charge in [-0.2, -0.15) is 0 Å². The van der Waals surface area contributed by atoms with E-state index in [1.165, 1.54) is 19.1 Å². The number of fused-ring (bicyclic) bond motifs is 7. The summed E-state index contributed by atoms with van der Waals surface area (Å²) in [5, 5.41) is 10.9. The van der Waals surface area contributed by atoms with E-state index in [0.717, 1.165) is 44.9 Å². The van der Waals surface area contributed by atoms with Gasteiger partial charge in [-0.1, -0.05) is 60.1 Å². The average molecular weight is 485 g/mol. The molecule has 0 amide bonds. The lowest BCUT2D eigenvalue weighted by molar-refractivity contribution is -0.205. The fourth-order valence-electron chi connectivity index (χ4n) is 10.6. The molecule has 5 aliphatic carbocycles. The Labute approximate surface area is 212 Å². The van der Waals surface area contributed by atoms with Crippen LogP contribution in [0.25, 0.3) is 0 Å². The molecule has 0 bridgehead atoms. The molecule has 8 unspecified atom stereocenters.